The third-order valence-electron chi connectivity index (χ3n) is 5.90. The molecule has 0 unspecified atom stereocenters. The lowest BCUT2D eigenvalue weighted by Crippen LogP contribution is -2.31. The predicted molar refractivity (Wildman–Crippen MR) is 120 cm³/mol. The van der Waals surface area contributed by atoms with E-state index in [1.54, 1.807) is 6.92 Å². The highest BCUT2D eigenvalue weighted by atomic mass is 16.1. The maximum absolute atomic E-state index is 12.7. The number of para-hydroxylation sites is 1. The van der Waals surface area contributed by atoms with Gasteiger partial charge in [-0.05, 0) is 56.5 Å². The number of H-pyrrole nitrogens is 1. The second-order valence-electron chi connectivity index (χ2n) is 7.89. The first-order valence-corrected chi connectivity index (χ1v) is 10.5. The van der Waals surface area contributed by atoms with Crippen LogP contribution in [0.2, 0.25) is 0 Å². The zero-order valence-electron chi connectivity index (χ0n) is 17.1. The summed E-state index contributed by atoms with van der Waals surface area (Å²) < 4.78 is 0. The fraction of sp³-hybridized carbons (Fsp3) is 0.320. The van der Waals surface area contributed by atoms with Crippen LogP contribution in [-0.4, -0.2) is 35.3 Å². The molecule has 150 valence electrons. The molecule has 0 radical (unpaired) electrons. The number of likely N-dealkylation sites (tertiary alicyclic amines) is 1. The van der Waals surface area contributed by atoms with Crippen molar-refractivity contribution in [3.05, 3.63) is 71.4 Å². The number of aromatic amines is 1. The van der Waals surface area contributed by atoms with E-state index in [9.17, 15) is 4.79 Å². The number of nitrogens with zero attached hydrogens (tertiary/aromatic N) is 1. The Morgan fingerprint density at radius 2 is 1.69 bits per heavy atom. The van der Waals surface area contributed by atoms with Crippen molar-refractivity contribution in [1.82, 2.24) is 9.88 Å². The van der Waals surface area contributed by atoms with Crippen LogP contribution in [0.15, 0.2) is 54.6 Å². The number of carbonyl (C=O) groups is 1. The number of carbonyl (C=O) groups excluding carboxylic acids is 1. The molecular weight excluding hydrogens is 358 g/mol. The van der Waals surface area contributed by atoms with Crippen LogP contribution in [0.4, 0.5) is 0 Å². The Bertz CT molecular complexity index is 1030. The topological polar surface area (TPSA) is 62.1 Å². The summed E-state index contributed by atoms with van der Waals surface area (Å²) in [5.74, 6) is -0.0165. The summed E-state index contributed by atoms with van der Waals surface area (Å²) in [6.07, 6.45) is 4.79. The Morgan fingerprint density at radius 3 is 2.41 bits per heavy atom. The second kappa shape index (κ2) is 8.66. The van der Waals surface area contributed by atoms with E-state index in [0.717, 1.165) is 29.7 Å². The normalized spacial score (nSPS) is 16.0. The van der Waals surface area contributed by atoms with Crippen molar-refractivity contribution >= 4 is 28.0 Å². The van der Waals surface area contributed by atoms with Gasteiger partial charge in [-0.25, -0.2) is 0 Å². The monoisotopic (exact) mass is 387 g/mol. The lowest BCUT2D eigenvalue weighted by molar-refractivity contribution is -0.111. The molecule has 3 N–H and O–H groups in total. The van der Waals surface area contributed by atoms with E-state index >= 15 is 0 Å². The first-order chi connectivity index (χ1) is 14.1. The highest BCUT2D eigenvalue weighted by Crippen LogP contribution is 2.32. The second-order valence-corrected chi connectivity index (χ2v) is 7.89. The van der Waals surface area contributed by atoms with Gasteiger partial charge in [0.15, 0.2) is 5.78 Å². The number of ketones is 1. The van der Waals surface area contributed by atoms with Crippen molar-refractivity contribution in [3.63, 3.8) is 0 Å². The molecule has 1 saturated heterocycles. The fourth-order valence-electron chi connectivity index (χ4n) is 4.39. The number of benzene rings is 2. The lowest BCUT2D eigenvalue weighted by Gasteiger charge is -2.26. The maximum Gasteiger partial charge on any atom is 0.164 e. The van der Waals surface area contributed by atoms with Gasteiger partial charge in [-0.1, -0.05) is 55.0 Å². The minimum absolute atomic E-state index is 0.0165. The van der Waals surface area contributed by atoms with Gasteiger partial charge in [0.1, 0.15) is 0 Å². The van der Waals surface area contributed by atoms with E-state index in [4.69, 9.17) is 5.73 Å². The average Bonchev–Trinajstić information content (AvgIpc) is 3.11. The minimum atomic E-state index is -0.0165. The van der Waals surface area contributed by atoms with Gasteiger partial charge in [-0.2, -0.15) is 0 Å². The van der Waals surface area contributed by atoms with Crippen LogP contribution in [0, 0.1) is 0 Å². The Kier molecular flexibility index (Phi) is 5.81. The van der Waals surface area contributed by atoms with Crippen LogP contribution in [0.5, 0.6) is 0 Å². The maximum atomic E-state index is 12.7. The molecule has 0 aliphatic carbocycles. The molecule has 1 aliphatic heterocycles. The van der Waals surface area contributed by atoms with Crippen LogP contribution >= 0.6 is 0 Å². The molecule has 0 amide bonds. The third-order valence-corrected chi connectivity index (χ3v) is 5.90. The Morgan fingerprint density at radius 1 is 1.00 bits per heavy atom. The zero-order chi connectivity index (χ0) is 20.2. The van der Waals surface area contributed by atoms with E-state index in [-0.39, 0.29) is 5.78 Å². The Labute approximate surface area is 172 Å². The number of hydrogen-bond acceptors (Lipinski definition) is 3. The van der Waals surface area contributed by atoms with Gasteiger partial charge in [0, 0.05) is 17.4 Å². The quantitative estimate of drug-likeness (QED) is 0.607. The van der Waals surface area contributed by atoms with Crippen LogP contribution in [0.1, 0.15) is 43.0 Å². The van der Waals surface area contributed by atoms with Crippen LogP contribution in [0.25, 0.3) is 22.2 Å². The van der Waals surface area contributed by atoms with Crippen LogP contribution in [0.3, 0.4) is 0 Å². The summed E-state index contributed by atoms with van der Waals surface area (Å²) in [7, 11) is 0. The largest absolute Gasteiger partial charge is 0.398 e. The van der Waals surface area contributed by atoms with Gasteiger partial charge in [0.2, 0.25) is 0 Å². The van der Waals surface area contributed by atoms with Gasteiger partial charge in [-0.15, -0.1) is 0 Å². The van der Waals surface area contributed by atoms with Crippen molar-refractivity contribution in [2.45, 2.75) is 32.6 Å². The summed E-state index contributed by atoms with van der Waals surface area (Å²) in [6.45, 7) is 4.94. The molecule has 0 bridgehead atoms. The van der Waals surface area contributed by atoms with Crippen molar-refractivity contribution < 1.29 is 4.79 Å². The standard InChI is InChI=1S/C25H29N3O/c1-18(29)23(24(26)19-10-4-2-5-11-19)25-21(14-17-28-15-8-3-9-16-28)20-12-6-7-13-22(20)27-25/h2,4-7,10-13,27H,3,8-9,14-17,26H2,1H3. The molecule has 2 heterocycles. The Hall–Kier alpha value is -2.85. The van der Waals surface area contributed by atoms with E-state index in [0.29, 0.717) is 11.3 Å². The first-order valence-electron chi connectivity index (χ1n) is 10.5. The van der Waals surface area contributed by atoms with Gasteiger partial charge < -0.3 is 15.6 Å². The van der Waals surface area contributed by atoms with Gasteiger partial charge in [0.25, 0.3) is 0 Å². The highest BCUT2D eigenvalue weighted by Gasteiger charge is 2.22. The average molecular weight is 388 g/mol. The molecule has 4 nitrogen and oxygen atoms in total. The number of hydrogen-bond donors (Lipinski definition) is 2. The van der Waals surface area contributed by atoms with Crippen molar-refractivity contribution in [2.75, 3.05) is 19.6 Å². The minimum Gasteiger partial charge on any atom is -0.398 e. The SMILES string of the molecule is CC(=O)C(=C(N)c1ccccc1)c1[nH]c2ccccc2c1CCN1CCCCC1. The number of allylic oxidation sites excluding steroid dienone is 1. The first kappa shape index (κ1) is 19.5. The van der Waals surface area contributed by atoms with E-state index in [1.807, 2.05) is 36.4 Å². The fourth-order valence-corrected chi connectivity index (χ4v) is 4.39. The molecular formula is C25H29N3O. The molecule has 0 saturated carbocycles. The number of Topliss-reactive ketones (excluding diaryl/α,β-unsaturated/α-hetero) is 1. The molecule has 1 fully saturated rings. The molecule has 3 aromatic rings. The number of piperidine rings is 1. The number of aromatic nitrogens is 1. The lowest BCUT2D eigenvalue weighted by atomic mass is 9.96. The van der Waals surface area contributed by atoms with Crippen molar-refractivity contribution in [1.29, 1.82) is 0 Å². The molecule has 0 atom stereocenters. The number of rotatable bonds is 6. The van der Waals surface area contributed by atoms with E-state index in [1.165, 1.54) is 43.3 Å². The van der Waals surface area contributed by atoms with E-state index < -0.39 is 0 Å². The van der Waals surface area contributed by atoms with Gasteiger partial charge in [0.05, 0.1) is 17.0 Å². The van der Waals surface area contributed by atoms with Crippen LogP contribution < -0.4 is 5.73 Å². The smallest absolute Gasteiger partial charge is 0.164 e. The van der Waals surface area contributed by atoms with E-state index in [2.05, 4.69) is 28.1 Å². The summed E-state index contributed by atoms with van der Waals surface area (Å²) in [5.41, 5.74) is 11.6. The number of nitrogens with two attached hydrogens (primary N) is 1. The Balaban J connectivity index is 1.79. The van der Waals surface area contributed by atoms with Gasteiger partial charge in [-0.3, -0.25) is 4.79 Å². The summed E-state index contributed by atoms with van der Waals surface area (Å²) in [6, 6.07) is 18.0. The van der Waals surface area contributed by atoms with Crippen molar-refractivity contribution in [3.8, 4) is 0 Å². The molecule has 0 spiro atoms. The van der Waals surface area contributed by atoms with Crippen LogP contribution in [-0.2, 0) is 11.2 Å². The summed E-state index contributed by atoms with van der Waals surface area (Å²) in [5, 5.41) is 1.18. The highest BCUT2D eigenvalue weighted by molar-refractivity contribution is 6.27. The number of fused-ring (bicyclic) bond motifs is 1. The molecule has 1 aliphatic rings. The molecule has 29 heavy (non-hydrogen) atoms. The molecule has 4 rings (SSSR count). The predicted octanol–water partition coefficient (Wildman–Crippen LogP) is 4.61. The zero-order valence-corrected chi connectivity index (χ0v) is 17.1. The third kappa shape index (κ3) is 4.13. The molecule has 1 aromatic heterocycles. The molecule has 4 heteroatoms. The summed E-state index contributed by atoms with van der Waals surface area (Å²) >= 11 is 0. The van der Waals surface area contributed by atoms with Crippen molar-refractivity contribution in [2.24, 2.45) is 5.73 Å². The summed E-state index contributed by atoms with van der Waals surface area (Å²) in [4.78, 5) is 18.8. The number of nitrogens with one attached hydrogen (secondary N) is 1. The molecule has 2 aromatic carbocycles. The van der Waals surface area contributed by atoms with Gasteiger partial charge >= 0.3 is 0 Å².